The Labute approximate surface area is 150 Å². The number of nitrogens with zero attached hydrogens (tertiary/aromatic N) is 3. The fourth-order valence-corrected chi connectivity index (χ4v) is 3.91. The number of aromatic nitrogens is 1. The maximum atomic E-state index is 11.9. The van der Waals surface area contributed by atoms with E-state index >= 15 is 0 Å². The molecule has 0 atom stereocenters. The highest BCUT2D eigenvalue weighted by molar-refractivity contribution is 5.67. The third kappa shape index (κ3) is 4.30. The lowest BCUT2D eigenvalue weighted by atomic mass is 9.75. The van der Waals surface area contributed by atoms with Crippen molar-refractivity contribution in [1.82, 2.24) is 20.1 Å². The molecule has 0 unspecified atom stereocenters. The van der Waals surface area contributed by atoms with Crippen LogP contribution < -0.4 is 5.32 Å². The van der Waals surface area contributed by atoms with E-state index in [9.17, 15) is 4.79 Å². The summed E-state index contributed by atoms with van der Waals surface area (Å²) in [7, 11) is 0. The summed E-state index contributed by atoms with van der Waals surface area (Å²) >= 11 is 0. The Hall–Kier alpha value is -1.66. The molecule has 0 bridgehead atoms. The average molecular weight is 346 g/mol. The molecule has 1 aromatic rings. The van der Waals surface area contributed by atoms with E-state index in [0.29, 0.717) is 6.61 Å². The number of carbonyl (C=O) groups excluding carboxylic acids is 1. The maximum absolute atomic E-state index is 11.9. The topological polar surface area (TPSA) is 57.7 Å². The zero-order valence-corrected chi connectivity index (χ0v) is 15.5. The zero-order chi connectivity index (χ0) is 17.7. The van der Waals surface area contributed by atoms with Crippen molar-refractivity contribution in [1.29, 1.82) is 0 Å². The highest BCUT2D eigenvalue weighted by Gasteiger charge is 2.37. The number of piperazine rings is 1. The fourth-order valence-electron chi connectivity index (χ4n) is 3.91. The quantitative estimate of drug-likeness (QED) is 0.901. The van der Waals surface area contributed by atoms with Crippen LogP contribution in [0.15, 0.2) is 18.3 Å². The molecule has 1 N–H and O–H groups in total. The summed E-state index contributed by atoms with van der Waals surface area (Å²) < 4.78 is 5.12. The molecule has 2 fully saturated rings. The summed E-state index contributed by atoms with van der Waals surface area (Å²) in [5, 5.41) is 3.48. The van der Waals surface area contributed by atoms with E-state index in [0.717, 1.165) is 58.7 Å². The first-order valence-corrected chi connectivity index (χ1v) is 9.41. The summed E-state index contributed by atoms with van der Waals surface area (Å²) in [6.45, 7) is 10.8. The first-order valence-electron chi connectivity index (χ1n) is 9.41. The van der Waals surface area contributed by atoms with Crippen LogP contribution in [-0.2, 0) is 10.2 Å². The van der Waals surface area contributed by atoms with Gasteiger partial charge in [0.1, 0.15) is 0 Å². The molecule has 6 nitrogen and oxygen atoms in total. The molecule has 138 valence electrons. The number of rotatable bonds is 4. The largest absolute Gasteiger partial charge is 0.450 e. The monoisotopic (exact) mass is 346 g/mol. The molecular weight excluding hydrogens is 316 g/mol. The van der Waals surface area contributed by atoms with Gasteiger partial charge in [0, 0.05) is 50.0 Å². The van der Waals surface area contributed by atoms with Gasteiger partial charge >= 0.3 is 6.09 Å². The summed E-state index contributed by atoms with van der Waals surface area (Å²) in [6, 6.07) is 4.38. The van der Waals surface area contributed by atoms with Crippen LogP contribution in [0.5, 0.6) is 0 Å². The normalized spacial score (nSPS) is 21.1. The van der Waals surface area contributed by atoms with Crippen LogP contribution >= 0.6 is 0 Å². The van der Waals surface area contributed by atoms with Crippen molar-refractivity contribution >= 4 is 6.09 Å². The molecule has 1 amide bonds. The van der Waals surface area contributed by atoms with Crippen LogP contribution in [0.4, 0.5) is 4.79 Å². The van der Waals surface area contributed by atoms with Crippen LogP contribution in [0.2, 0.25) is 0 Å². The number of carbonyl (C=O) groups is 1. The first kappa shape index (κ1) is 18.1. The molecule has 0 spiro atoms. The van der Waals surface area contributed by atoms with Gasteiger partial charge < -0.3 is 15.0 Å². The van der Waals surface area contributed by atoms with E-state index in [-0.39, 0.29) is 11.5 Å². The van der Waals surface area contributed by atoms with E-state index in [2.05, 4.69) is 29.3 Å². The van der Waals surface area contributed by atoms with Crippen LogP contribution in [0, 0.1) is 6.92 Å². The van der Waals surface area contributed by atoms with Gasteiger partial charge in [0.15, 0.2) is 0 Å². The molecule has 0 aromatic carbocycles. The Morgan fingerprint density at radius 2 is 1.96 bits per heavy atom. The second-order valence-electron chi connectivity index (χ2n) is 7.21. The van der Waals surface area contributed by atoms with E-state index in [1.807, 2.05) is 18.0 Å². The van der Waals surface area contributed by atoms with E-state index in [1.165, 1.54) is 11.3 Å². The van der Waals surface area contributed by atoms with Crippen molar-refractivity contribution in [3.63, 3.8) is 0 Å². The number of pyridine rings is 1. The molecule has 2 aliphatic heterocycles. The minimum atomic E-state index is -0.182. The van der Waals surface area contributed by atoms with Gasteiger partial charge in [-0.3, -0.25) is 9.88 Å². The van der Waals surface area contributed by atoms with E-state index in [1.54, 1.807) is 0 Å². The molecule has 2 saturated heterocycles. The smallest absolute Gasteiger partial charge is 0.409 e. The van der Waals surface area contributed by atoms with Crippen molar-refractivity contribution < 1.29 is 9.53 Å². The fraction of sp³-hybridized carbons (Fsp3) is 0.684. The molecule has 25 heavy (non-hydrogen) atoms. The maximum Gasteiger partial charge on any atom is 0.409 e. The van der Waals surface area contributed by atoms with Crippen LogP contribution in [0.3, 0.4) is 0 Å². The van der Waals surface area contributed by atoms with Crippen molar-refractivity contribution in [2.45, 2.75) is 32.1 Å². The SMILES string of the molecule is CCOC(=O)N1CCN(CC2(c3ccc(C)cn3)CCNCC2)CC1. The van der Waals surface area contributed by atoms with Gasteiger partial charge in [-0.2, -0.15) is 0 Å². The number of amides is 1. The summed E-state index contributed by atoms with van der Waals surface area (Å²) in [5.41, 5.74) is 2.54. The molecule has 0 radical (unpaired) electrons. The van der Waals surface area contributed by atoms with E-state index < -0.39 is 0 Å². The predicted molar refractivity (Wildman–Crippen MR) is 97.8 cm³/mol. The molecule has 6 heteroatoms. The minimum Gasteiger partial charge on any atom is -0.450 e. The van der Waals surface area contributed by atoms with Gasteiger partial charge in [0.25, 0.3) is 0 Å². The lowest BCUT2D eigenvalue weighted by molar-refractivity contribution is 0.0685. The Morgan fingerprint density at radius 3 is 2.56 bits per heavy atom. The molecule has 0 saturated carbocycles. The van der Waals surface area contributed by atoms with Gasteiger partial charge in [-0.25, -0.2) is 4.79 Å². The first-order chi connectivity index (χ1) is 12.1. The number of ether oxygens (including phenoxy) is 1. The van der Waals surface area contributed by atoms with Gasteiger partial charge in [0.05, 0.1) is 6.61 Å². The molecule has 1 aromatic heterocycles. The molecule has 3 rings (SSSR count). The lowest BCUT2D eigenvalue weighted by Gasteiger charge is -2.43. The van der Waals surface area contributed by atoms with Crippen LogP contribution in [0.25, 0.3) is 0 Å². The van der Waals surface area contributed by atoms with Crippen molar-refractivity contribution in [2.75, 3.05) is 52.4 Å². The average Bonchev–Trinajstić information content (AvgIpc) is 2.64. The van der Waals surface area contributed by atoms with Crippen molar-refractivity contribution in [3.05, 3.63) is 29.6 Å². The Morgan fingerprint density at radius 1 is 1.24 bits per heavy atom. The van der Waals surface area contributed by atoms with Gasteiger partial charge in [-0.05, 0) is 51.4 Å². The second-order valence-corrected chi connectivity index (χ2v) is 7.21. The molecule has 0 aliphatic carbocycles. The van der Waals surface area contributed by atoms with Crippen LogP contribution in [-0.4, -0.2) is 73.3 Å². The number of aryl methyl sites for hydroxylation is 1. The summed E-state index contributed by atoms with van der Waals surface area (Å²) in [6.07, 6.45) is 4.03. The predicted octanol–water partition coefficient (Wildman–Crippen LogP) is 1.79. The van der Waals surface area contributed by atoms with Gasteiger partial charge in [-0.1, -0.05) is 6.07 Å². The third-order valence-electron chi connectivity index (χ3n) is 5.44. The second kappa shape index (κ2) is 8.15. The molecular formula is C19H30N4O2. The van der Waals surface area contributed by atoms with Gasteiger partial charge in [0.2, 0.25) is 0 Å². The van der Waals surface area contributed by atoms with E-state index in [4.69, 9.17) is 9.72 Å². The Kier molecular flexibility index (Phi) is 5.91. The van der Waals surface area contributed by atoms with Crippen LogP contribution in [0.1, 0.15) is 31.0 Å². The highest BCUT2D eigenvalue weighted by atomic mass is 16.6. The minimum absolute atomic E-state index is 0.116. The van der Waals surface area contributed by atoms with Gasteiger partial charge in [-0.15, -0.1) is 0 Å². The number of hydrogen-bond donors (Lipinski definition) is 1. The number of nitrogens with one attached hydrogen (secondary N) is 1. The van der Waals surface area contributed by atoms with Crippen molar-refractivity contribution in [3.8, 4) is 0 Å². The Bertz CT molecular complexity index is 561. The highest BCUT2D eigenvalue weighted by Crippen LogP contribution is 2.33. The molecule has 2 aliphatic rings. The third-order valence-corrected chi connectivity index (χ3v) is 5.44. The Balaban J connectivity index is 1.66. The van der Waals surface area contributed by atoms with Crippen molar-refractivity contribution in [2.24, 2.45) is 0 Å². The number of piperidine rings is 1. The number of hydrogen-bond acceptors (Lipinski definition) is 5. The molecule has 3 heterocycles. The zero-order valence-electron chi connectivity index (χ0n) is 15.5. The standard InChI is InChI=1S/C19H30N4O2/c1-3-25-18(24)23-12-10-22(11-13-23)15-19(6-8-20-9-7-19)17-5-4-16(2)14-21-17/h4-5,14,20H,3,6-13,15H2,1-2H3. The summed E-state index contributed by atoms with van der Waals surface area (Å²) in [5.74, 6) is 0. The lowest BCUT2D eigenvalue weighted by Crippen LogP contribution is -2.54. The summed E-state index contributed by atoms with van der Waals surface area (Å²) in [4.78, 5) is 21.0.